The number of carbonyl (C=O) groups is 1. The Kier molecular flexibility index (Phi) is 5.60. The molecule has 3 heterocycles. The number of carbonyl (C=O) groups excluding carboxylic acids is 1. The highest BCUT2D eigenvalue weighted by molar-refractivity contribution is 5.94. The third-order valence-electron chi connectivity index (χ3n) is 4.15. The van der Waals surface area contributed by atoms with Crippen LogP contribution >= 0.6 is 0 Å². The van der Waals surface area contributed by atoms with E-state index in [1.54, 1.807) is 12.4 Å². The van der Waals surface area contributed by atoms with Gasteiger partial charge in [0.1, 0.15) is 5.82 Å². The molecule has 0 spiro atoms. The highest BCUT2D eigenvalue weighted by atomic mass is 16.5. The number of hydrogen-bond donors (Lipinski definition) is 1. The van der Waals surface area contributed by atoms with Gasteiger partial charge in [0.25, 0.3) is 5.91 Å². The molecule has 1 N–H and O–H groups in total. The number of anilines is 1. The lowest BCUT2D eigenvalue weighted by atomic mass is 10.2. The first kappa shape index (κ1) is 17.4. The highest BCUT2D eigenvalue weighted by Gasteiger charge is 2.23. The van der Waals surface area contributed by atoms with Crippen LogP contribution in [-0.4, -0.2) is 47.7 Å². The van der Waals surface area contributed by atoms with Gasteiger partial charge in [-0.1, -0.05) is 6.07 Å². The predicted molar refractivity (Wildman–Crippen MR) is 96.7 cm³/mol. The topological polar surface area (TPSA) is 67.4 Å². The van der Waals surface area contributed by atoms with Crippen LogP contribution in [-0.2, 0) is 11.2 Å². The predicted octanol–water partition coefficient (Wildman–Crippen LogP) is 2.06. The summed E-state index contributed by atoms with van der Waals surface area (Å²) in [5.41, 5.74) is 1.53. The summed E-state index contributed by atoms with van der Waals surface area (Å²) >= 11 is 0. The monoisotopic (exact) mass is 340 g/mol. The number of nitrogens with one attached hydrogen (secondary N) is 1. The quantitative estimate of drug-likeness (QED) is 0.902. The number of aromatic nitrogens is 2. The Morgan fingerprint density at radius 3 is 2.64 bits per heavy atom. The zero-order chi connectivity index (χ0) is 17.6. The van der Waals surface area contributed by atoms with Gasteiger partial charge >= 0.3 is 0 Å². The maximum atomic E-state index is 12.2. The summed E-state index contributed by atoms with van der Waals surface area (Å²) in [6, 6.07) is 9.50. The van der Waals surface area contributed by atoms with Gasteiger partial charge in [0.2, 0.25) is 0 Å². The normalized spacial score (nSPS) is 20.3. The minimum absolute atomic E-state index is 0.112. The smallest absolute Gasteiger partial charge is 0.252 e. The van der Waals surface area contributed by atoms with Crippen molar-refractivity contribution >= 4 is 11.7 Å². The highest BCUT2D eigenvalue weighted by Crippen LogP contribution is 2.18. The molecule has 6 heteroatoms. The van der Waals surface area contributed by atoms with Crippen molar-refractivity contribution in [2.24, 2.45) is 0 Å². The first-order valence-corrected chi connectivity index (χ1v) is 8.66. The van der Waals surface area contributed by atoms with E-state index in [2.05, 4.69) is 34.0 Å². The van der Waals surface area contributed by atoms with Crippen molar-refractivity contribution in [2.45, 2.75) is 32.5 Å². The van der Waals surface area contributed by atoms with Gasteiger partial charge in [-0.15, -0.1) is 0 Å². The van der Waals surface area contributed by atoms with Crippen LogP contribution in [0.15, 0.2) is 42.7 Å². The third kappa shape index (κ3) is 4.76. The third-order valence-corrected chi connectivity index (χ3v) is 4.15. The van der Waals surface area contributed by atoms with E-state index < -0.39 is 0 Å². The van der Waals surface area contributed by atoms with Crippen LogP contribution in [0.25, 0.3) is 0 Å². The van der Waals surface area contributed by atoms with Crippen molar-refractivity contribution in [1.29, 1.82) is 0 Å². The number of hydrogen-bond acceptors (Lipinski definition) is 5. The number of pyridine rings is 2. The van der Waals surface area contributed by atoms with Crippen molar-refractivity contribution in [1.82, 2.24) is 15.3 Å². The van der Waals surface area contributed by atoms with E-state index in [4.69, 9.17) is 4.74 Å². The van der Waals surface area contributed by atoms with Crippen LogP contribution in [0.2, 0.25) is 0 Å². The molecule has 1 fully saturated rings. The fraction of sp³-hybridized carbons (Fsp3) is 0.421. The van der Waals surface area contributed by atoms with Gasteiger partial charge in [0.15, 0.2) is 0 Å². The molecule has 1 saturated heterocycles. The second kappa shape index (κ2) is 8.07. The van der Waals surface area contributed by atoms with Crippen LogP contribution in [0.3, 0.4) is 0 Å². The lowest BCUT2D eigenvalue weighted by Crippen LogP contribution is -2.45. The molecule has 0 saturated carbocycles. The van der Waals surface area contributed by atoms with E-state index >= 15 is 0 Å². The molecule has 1 aliphatic heterocycles. The van der Waals surface area contributed by atoms with E-state index in [1.165, 1.54) is 0 Å². The van der Waals surface area contributed by atoms with Crippen molar-refractivity contribution < 1.29 is 9.53 Å². The summed E-state index contributed by atoms with van der Waals surface area (Å²) in [6.07, 6.45) is 4.46. The summed E-state index contributed by atoms with van der Waals surface area (Å²) in [5, 5.41) is 2.91. The Hall–Kier alpha value is -2.47. The first-order chi connectivity index (χ1) is 12.1. The second-order valence-corrected chi connectivity index (χ2v) is 6.39. The lowest BCUT2D eigenvalue weighted by molar-refractivity contribution is -0.00546. The van der Waals surface area contributed by atoms with Gasteiger partial charge in [0.05, 0.1) is 17.8 Å². The Morgan fingerprint density at radius 1 is 1.20 bits per heavy atom. The average molecular weight is 340 g/mol. The Bertz CT molecular complexity index is 680. The molecule has 3 rings (SSSR count). The van der Waals surface area contributed by atoms with Crippen LogP contribution < -0.4 is 10.2 Å². The molecule has 2 atom stereocenters. The summed E-state index contributed by atoms with van der Waals surface area (Å²) in [5.74, 6) is 0.769. The van der Waals surface area contributed by atoms with Gasteiger partial charge in [-0.2, -0.15) is 0 Å². The molecule has 0 radical (unpaired) electrons. The SMILES string of the molecule is C[C@H]1CN(c2ccc(C(=O)NCCc3ccccn3)cn2)C[C@H](C)O1. The van der Waals surface area contributed by atoms with Crippen LogP contribution in [0.1, 0.15) is 29.9 Å². The molecule has 2 aromatic heterocycles. The number of amides is 1. The van der Waals surface area contributed by atoms with Crippen molar-refractivity contribution in [3.63, 3.8) is 0 Å². The summed E-state index contributed by atoms with van der Waals surface area (Å²) < 4.78 is 5.74. The second-order valence-electron chi connectivity index (χ2n) is 6.39. The van der Waals surface area contributed by atoms with Crippen molar-refractivity contribution in [3.05, 3.63) is 54.0 Å². The zero-order valence-corrected chi connectivity index (χ0v) is 14.7. The summed E-state index contributed by atoms with van der Waals surface area (Å²) in [4.78, 5) is 23.1. The fourth-order valence-electron chi connectivity index (χ4n) is 3.02. The van der Waals surface area contributed by atoms with Crippen molar-refractivity contribution in [3.8, 4) is 0 Å². The number of morpholine rings is 1. The van der Waals surface area contributed by atoms with Gasteiger partial charge in [-0.3, -0.25) is 9.78 Å². The molecule has 132 valence electrons. The summed E-state index contributed by atoms with van der Waals surface area (Å²) in [6.45, 7) is 6.30. The molecule has 0 bridgehead atoms. The number of nitrogens with zero attached hydrogens (tertiary/aromatic N) is 3. The summed E-state index contributed by atoms with van der Waals surface area (Å²) in [7, 11) is 0. The van der Waals surface area contributed by atoms with Crippen molar-refractivity contribution in [2.75, 3.05) is 24.5 Å². The lowest BCUT2D eigenvalue weighted by Gasteiger charge is -2.36. The molecular formula is C19H24N4O2. The number of ether oxygens (including phenoxy) is 1. The maximum Gasteiger partial charge on any atom is 0.252 e. The zero-order valence-electron chi connectivity index (χ0n) is 14.7. The van der Waals surface area contributed by atoms with Gasteiger partial charge in [0, 0.05) is 44.1 Å². The van der Waals surface area contributed by atoms with Crippen LogP contribution in [0.5, 0.6) is 0 Å². The first-order valence-electron chi connectivity index (χ1n) is 8.66. The van der Waals surface area contributed by atoms with Gasteiger partial charge < -0.3 is 15.0 Å². The van der Waals surface area contributed by atoms with Gasteiger partial charge in [-0.05, 0) is 38.1 Å². The van der Waals surface area contributed by atoms with E-state index in [9.17, 15) is 4.79 Å². The average Bonchev–Trinajstić information content (AvgIpc) is 2.62. The fourth-order valence-corrected chi connectivity index (χ4v) is 3.02. The Balaban J connectivity index is 1.53. The van der Waals surface area contributed by atoms with E-state index in [0.717, 1.165) is 24.6 Å². The Labute approximate surface area is 148 Å². The number of rotatable bonds is 5. The molecule has 1 aliphatic rings. The largest absolute Gasteiger partial charge is 0.372 e. The molecular weight excluding hydrogens is 316 g/mol. The molecule has 25 heavy (non-hydrogen) atoms. The minimum atomic E-state index is -0.112. The molecule has 0 aliphatic carbocycles. The van der Waals surface area contributed by atoms with Crippen LogP contribution in [0.4, 0.5) is 5.82 Å². The molecule has 2 aromatic rings. The van der Waals surface area contributed by atoms with Crippen LogP contribution in [0, 0.1) is 0 Å². The molecule has 6 nitrogen and oxygen atoms in total. The minimum Gasteiger partial charge on any atom is -0.372 e. The molecule has 0 aromatic carbocycles. The standard InChI is InChI=1S/C19H24N4O2/c1-14-12-23(13-15(2)25-14)18-7-6-16(11-22-18)19(24)21-10-8-17-5-3-4-9-20-17/h3-7,9,11,14-15H,8,10,12-13H2,1-2H3,(H,21,24)/t14-,15-/m0/s1. The van der Waals surface area contributed by atoms with E-state index in [1.807, 2.05) is 30.3 Å². The Morgan fingerprint density at radius 2 is 2.00 bits per heavy atom. The van der Waals surface area contributed by atoms with E-state index in [-0.39, 0.29) is 18.1 Å². The van der Waals surface area contributed by atoms with Gasteiger partial charge in [-0.25, -0.2) is 4.98 Å². The maximum absolute atomic E-state index is 12.2. The molecule has 1 amide bonds. The molecule has 0 unspecified atom stereocenters. The van der Waals surface area contributed by atoms with E-state index in [0.29, 0.717) is 18.5 Å².